The van der Waals surface area contributed by atoms with Crippen molar-refractivity contribution in [3.63, 3.8) is 0 Å². The Morgan fingerprint density at radius 2 is 1.97 bits per heavy atom. The first kappa shape index (κ1) is 27.1. The number of amides is 2. The molecule has 0 aromatic heterocycles. The van der Waals surface area contributed by atoms with Crippen LogP contribution in [0.25, 0.3) is 0 Å². The number of nitriles is 1. The quantitative estimate of drug-likeness (QED) is 0.384. The summed E-state index contributed by atoms with van der Waals surface area (Å²) in [5, 5.41) is 16.0. The zero-order valence-corrected chi connectivity index (χ0v) is 21.9. The van der Waals surface area contributed by atoms with Gasteiger partial charge in [-0.1, -0.05) is 47.1 Å². The van der Waals surface area contributed by atoms with E-state index in [2.05, 4.69) is 16.7 Å². The number of rotatable bonds is 8. The van der Waals surface area contributed by atoms with Gasteiger partial charge in [-0.25, -0.2) is 0 Å². The number of aryl methyl sites for hydroxylation is 2. The Morgan fingerprint density at radius 1 is 1.22 bits per heavy atom. The molecule has 3 rings (SSSR count). The molecule has 36 heavy (non-hydrogen) atoms. The minimum absolute atomic E-state index is 0.0618. The molecule has 0 fully saturated rings. The fourth-order valence-corrected chi connectivity index (χ4v) is 5.03. The van der Waals surface area contributed by atoms with Crippen LogP contribution in [0.3, 0.4) is 0 Å². The summed E-state index contributed by atoms with van der Waals surface area (Å²) in [5.41, 5.74) is 3.29. The maximum atomic E-state index is 13.0. The molecule has 0 radical (unpaired) electrons. The molecule has 8 nitrogen and oxygen atoms in total. The normalized spacial score (nSPS) is 17.2. The van der Waals surface area contributed by atoms with Gasteiger partial charge in [-0.3, -0.25) is 14.4 Å². The topological polar surface area (TPSA) is 118 Å². The van der Waals surface area contributed by atoms with Crippen LogP contribution in [0.15, 0.2) is 47.0 Å². The molecule has 1 heterocycles. The largest absolute Gasteiger partial charge is 0.492 e. The lowest BCUT2D eigenvalue weighted by molar-refractivity contribution is -0.150. The van der Waals surface area contributed by atoms with E-state index in [9.17, 15) is 19.6 Å². The highest BCUT2D eigenvalue weighted by Crippen LogP contribution is 2.42. The third-order valence-corrected chi connectivity index (χ3v) is 6.91. The van der Waals surface area contributed by atoms with Crippen LogP contribution in [0.2, 0.25) is 5.02 Å². The van der Waals surface area contributed by atoms with Gasteiger partial charge >= 0.3 is 5.97 Å². The molecule has 0 unspecified atom stereocenters. The summed E-state index contributed by atoms with van der Waals surface area (Å²) in [6, 6.07) is 12.6. The van der Waals surface area contributed by atoms with E-state index in [-0.39, 0.29) is 27.3 Å². The fraction of sp³-hybridized carbons (Fsp3) is 0.308. The molecule has 2 amide bonds. The maximum absolute atomic E-state index is 13.0. The number of hydrogen-bond donors (Lipinski definition) is 2. The number of nitrogens with one attached hydrogen (secondary N) is 2. The Bertz CT molecular complexity index is 1270. The first-order chi connectivity index (χ1) is 17.2. The summed E-state index contributed by atoms with van der Waals surface area (Å²) in [7, 11) is 1.18. The lowest BCUT2D eigenvalue weighted by Gasteiger charge is -2.31. The van der Waals surface area contributed by atoms with E-state index in [0.717, 1.165) is 22.9 Å². The number of ether oxygens (including phenoxy) is 2. The smallest absolute Gasteiger partial charge is 0.319 e. The highest BCUT2D eigenvalue weighted by atomic mass is 35.5. The van der Waals surface area contributed by atoms with Gasteiger partial charge in [0.2, 0.25) is 11.8 Å². The van der Waals surface area contributed by atoms with Gasteiger partial charge in [0.25, 0.3) is 0 Å². The zero-order valence-electron chi connectivity index (χ0n) is 20.3. The van der Waals surface area contributed by atoms with Crippen molar-refractivity contribution in [1.82, 2.24) is 5.32 Å². The average Bonchev–Trinajstić information content (AvgIpc) is 2.84. The Labute approximate surface area is 219 Å². The van der Waals surface area contributed by atoms with Crippen LogP contribution in [0.4, 0.5) is 5.69 Å². The number of halogens is 1. The van der Waals surface area contributed by atoms with E-state index in [1.165, 1.54) is 7.11 Å². The Hall–Kier alpha value is -3.48. The lowest BCUT2D eigenvalue weighted by atomic mass is 9.78. The summed E-state index contributed by atoms with van der Waals surface area (Å²) in [6.07, 6.45) is 0. The van der Waals surface area contributed by atoms with Gasteiger partial charge in [-0.2, -0.15) is 5.26 Å². The molecule has 188 valence electrons. The molecule has 0 saturated heterocycles. The highest BCUT2D eigenvalue weighted by Gasteiger charge is 2.44. The van der Waals surface area contributed by atoms with Crippen molar-refractivity contribution in [1.29, 1.82) is 5.26 Å². The number of esters is 1. The lowest BCUT2D eigenvalue weighted by Crippen LogP contribution is -2.44. The van der Waals surface area contributed by atoms with Gasteiger partial charge in [0, 0.05) is 11.6 Å². The number of nitrogens with zero attached hydrogens (tertiary/aromatic N) is 1. The van der Waals surface area contributed by atoms with Crippen molar-refractivity contribution in [2.45, 2.75) is 26.7 Å². The fourth-order valence-electron chi connectivity index (χ4n) is 3.94. The minimum Gasteiger partial charge on any atom is -0.492 e. The molecule has 0 aliphatic carbocycles. The zero-order chi connectivity index (χ0) is 26.4. The summed E-state index contributed by atoms with van der Waals surface area (Å²) in [6.45, 7) is 6.09. The van der Waals surface area contributed by atoms with Crippen molar-refractivity contribution < 1.29 is 23.9 Å². The summed E-state index contributed by atoms with van der Waals surface area (Å²) in [4.78, 5) is 38.2. The summed E-state index contributed by atoms with van der Waals surface area (Å²) < 4.78 is 10.3. The van der Waals surface area contributed by atoms with Gasteiger partial charge in [-0.05, 0) is 50.1 Å². The van der Waals surface area contributed by atoms with Crippen molar-refractivity contribution in [3.8, 4) is 11.8 Å². The highest BCUT2D eigenvalue weighted by molar-refractivity contribution is 8.03. The molecule has 0 bridgehead atoms. The molecule has 0 spiro atoms. The van der Waals surface area contributed by atoms with Crippen molar-refractivity contribution >= 4 is 46.8 Å². The van der Waals surface area contributed by atoms with Gasteiger partial charge in [0.15, 0.2) is 0 Å². The first-order valence-electron chi connectivity index (χ1n) is 11.1. The standard InChI is InChI=1S/C26H26ClN3O5S/c1-5-35-20-9-7-16(11-18(20)27)22-17(12-28)25(30-24(32)23(22)26(33)34-4)36-13-21(31)29-19-8-6-14(2)10-15(19)3/h6-11,22-23H,5,13H2,1-4H3,(H,29,31)(H,30,32)/t22-,23-/m1/s1. The van der Waals surface area contributed by atoms with E-state index < -0.39 is 23.7 Å². The second kappa shape index (κ2) is 12.0. The third kappa shape index (κ3) is 6.01. The van der Waals surface area contributed by atoms with Crippen LogP contribution < -0.4 is 15.4 Å². The van der Waals surface area contributed by atoms with E-state index in [1.807, 2.05) is 39.0 Å². The number of anilines is 1. The van der Waals surface area contributed by atoms with E-state index >= 15 is 0 Å². The van der Waals surface area contributed by atoms with Gasteiger partial charge < -0.3 is 20.1 Å². The Balaban J connectivity index is 1.92. The van der Waals surface area contributed by atoms with Gasteiger partial charge in [-0.15, -0.1) is 0 Å². The van der Waals surface area contributed by atoms with Crippen LogP contribution in [-0.4, -0.2) is 37.3 Å². The maximum Gasteiger partial charge on any atom is 0.319 e. The molecule has 2 aromatic rings. The van der Waals surface area contributed by atoms with Crippen LogP contribution in [0.5, 0.6) is 5.75 Å². The van der Waals surface area contributed by atoms with Gasteiger partial charge in [0.05, 0.1) is 41.2 Å². The van der Waals surface area contributed by atoms with Crippen molar-refractivity contribution in [2.24, 2.45) is 5.92 Å². The molecule has 10 heteroatoms. The monoisotopic (exact) mass is 527 g/mol. The first-order valence-corrected chi connectivity index (χ1v) is 12.5. The van der Waals surface area contributed by atoms with Crippen LogP contribution >= 0.6 is 23.4 Å². The van der Waals surface area contributed by atoms with E-state index in [0.29, 0.717) is 23.6 Å². The second-order valence-corrected chi connectivity index (χ2v) is 9.49. The van der Waals surface area contributed by atoms with E-state index in [4.69, 9.17) is 21.1 Å². The predicted octanol–water partition coefficient (Wildman–Crippen LogP) is 4.47. The number of benzene rings is 2. The average molecular weight is 528 g/mol. The summed E-state index contributed by atoms with van der Waals surface area (Å²) >= 11 is 7.36. The molecule has 1 aliphatic heterocycles. The molecule has 2 N–H and O–H groups in total. The van der Waals surface area contributed by atoms with E-state index in [1.54, 1.807) is 18.2 Å². The molecule has 1 aliphatic rings. The Kier molecular flexibility index (Phi) is 9.02. The molecule has 2 aromatic carbocycles. The van der Waals surface area contributed by atoms with Gasteiger partial charge in [0.1, 0.15) is 11.7 Å². The number of allylic oxidation sites excluding steroid dienone is 1. The summed E-state index contributed by atoms with van der Waals surface area (Å²) in [5.74, 6) is -3.59. The third-order valence-electron chi connectivity index (χ3n) is 5.60. The Morgan fingerprint density at radius 3 is 2.58 bits per heavy atom. The number of carbonyl (C=O) groups is 3. The number of hydrogen-bond acceptors (Lipinski definition) is 7. The van der Waals surface area contributed by atoms with Crippen LogP contribution in [-0.2, 0) is 19.1 Å². The molecule has 2 atom stereocenters. The molecular formula is C26H26ClN3O5S. The number of thioether (sulfide) groups is 1. The predicted molar refractivity (Wildman–Crippen MR) is 139 cm³/mol. The molecular weight excluding hydrogens is 502 g/mol. The van der Waals surface area contributed by atoms with Crippen LogP contribution in [0.1, 0.15) is 29.5 Å². The second-order valence-electron chi connectivity index (χ2n) is 8.10. The molecule has 0 saturated carbocycles. The minimum atomic E-state index is -1.30. The van der Waals surface area contributed by atoms with Crippen molar-refractivity contribution in [2.75, 3.05) is 24.8 Å². The van der Waals surface area contributed by atoms with Crippen molar-refractivity contribution in [3.05, 3.63) is 68.7 Å². The van der Waals surface area contributed by atoms with Crippen LogP contribution in [0, 0.1) is 31.1 Å². The SMILES string of the molecule is CCOc1ccc([C@@H]2C(C#N)=C(SCC(=O)Nc3ccc(C)cc3C)NC(=O)[C@@H]2C(=O)OC)cc1Cl. The number of methoxy groups -OCH3 is 1. The number of carbonyl (C=O) groups excluding carboxylic acids is 3.